The number of nitrogens with one attached hydrogen (secondary N) is 1. The molecule has 1 amide bonds. The number of hydrogen-bond acceptors (Lipinski definition) is 2. The van der Waals surface area contributed by atoms with Crippen molar-refractivity contribution in [3.8, 4) is 0 Å². The van der Waals surface area contributed by atoms with Gasteiger partial charge in [-0.05, 0) is 55.9 Å². The zero-order chi connectivity index (χ0) is 24.1. The molecule has 0 radical (unpaired) electrons. The number of rotatable bonds is 9. The molecule has 3 aromatic carbocycles. The predicted octanol–water partition coefficient (Wildman–Crippen LogP) is 5.34. The molecule has 1 atom stereocenters. The Labute approximate surface area is 201 Å². The number of carbonyl (C=O) groups excluding carboxylic acids is 1. The van der Waals surface area contributed by atoms with Crippen molar-refractivity contribution in [3.63, 3.8) is 0 Å². The second kappa shape index (κ2) is 10.7. The summed E-state index contributed by atoms with van der Waals surface area (Å²) in [6, 6.07) is 23.3. The van der Waals surface area contributed by atoms with Gasteiger partial charge in [-0.1, -0.05) is 60.2 Å². The SMILES string of the molecule is Cc1cccc([C@H](CC(=O)NCCN(C)C)c2cn(Cc3ccc(F)cc3)c3ccccc23)c1. The fourth-order valence-electron chi connectivity index (χ4n) is 4.44. The average molecular weight is 458 g/mol. The Kier molecular flexibility index (Phi) is 7.43. The van der Waals surface area contributed by atoms with Gasteiger partial charge in [0.1, 0.15) is 5.82 Å². The molecule has 34 heavy (non-hydrogen) atoms. The van der Waals surface area contributed by atoms with Crippen molar-refractivity contribution >= 4 is 16.8 Å². The van der Waals surface area contributed by atoms with Crippen LogP contribution in [-0.2, 0) is 11.3 Å². The second-order valence-electron chi connectivity index (χ2n) is 9.18. The van der Waals surface area contributed by atoms with E-state index in [4.69, 9.17) is 0 Å². The number of carbonyl (C=O) groups is 1. The van der Waals surface area contributed by atoms with Crippen molar-refractivity contribution in [1.29, 1.82) is 0 Å². The van der Waals surface area contributed by atoms with Crippen molar-refractivity contribution in [2.45, 2.75) is 25.8 Å². The summed E-state index contributed by atoms with van der Waals surface area (Å²) < 4.78 is 15.6. The number of amides is 1. The zero-order valence-corrected chi connectivity index (χ0v) is 20.1. The third-order valence-electron chi connectivity index (χ3n) is 6.18. The molecule has 0 aliphatic carbocycles. The highest BCUT2D eigenvalue weighted by Crippen LogP contribution is 2.35. The molecule has 4 rings (SSSR count). The van der Waals surface area contributed by atoms with E-state index in [2.05, 4.69) is 64.3 Å². The molecule has 4 aromatic rings. The van der Waals surface area contributed by atoms with Gasteiger partial charge < -0.3 is 14.8 Å². The summed E-state index contributed by atoms with van der Waals surface area (Å²) in [7, 11) is 4.00. The van der Waals surface area contributed by atoms with Gasteiger partial charge in [0.2, 0.25) is 5.91 Å². The van der Waals surface area contributed by atoms with E-state index in [1.54, 1.807) is 0 Å². The van der Waals surface area contributed by atoms with Crippen molar-refractivity contribution < 1.29 is 9.18 Å². The first-order chi connectivity index (χ1) is 16.4. The van der Waals surface area contributed by atoms with Crippen molar-refractivity contribution in [2.24, 2.45) is 0 Å². The van der Waals surface area contributed by atoms with Crippen LogP contribution in [-0.4, -0.2) is 42.6 Å². The van der Waals surface area contributed by atoms with E-state index in [9.17, 15) is 9.18 Å². The highest BCUT2D eigenvalue weighted by atomic mass is 19.1. The van der Waals surface area contributed by atoms with Gasteiger partial charge in [0, 0.05) is 49.1 Å². The number of likely N-dealkylation sites (N-methyl/N-ethyl adjacent to an activating group) is 1. The lowest BCUT2D eigenvalue weighted by Gasteiger charge is -2.18. The molecule has 0 saturated carbocycles. The van der Waals surface area contributed by atoms with E-state index in [1.807, 2.05) is 38.4 Å². The summed E-state index contributed by atoms with van der Waals surface area (Å²) in [6.07, 6.45) is 2.54. The minimum absolute atomic E-state index is 0.0451. The van der Waals surface area contributed by atoms with Crippen LogP contribution in [0.1, 0.15) is 34.6 Å². The van der Waals surface area contributed by atoms with Crippen LogP contribution in [0.15, 0.2) is 79.0 Å². The summed E-state index contributed by atoms with van der Waals surface area (Å²) in [4.78, 5) is 15.0. The van der Waals surface area contributed by atoms with Crippen molar-refractivity contribution in [1.82, 2.24) is 14.8 Å². The lowest BCUT2D eigenvalue weighted by Crippen LogP contribution is -2.32. The molecule has 0 aliphatic heterocycles. The summed E-state index contributed by atoms with van der Waals surface area (Å²) >= 11 is 0. The number of nitrogens with zero attached hydrogens (tertiary/aromatic N) is 2. The number of para-hydroxylation sites is 1. The molecular formula is C29H32FN3O. The van der Waals surface area contributed by atoms with E-state index < -0.39 is 0 Å². The van der Waals surface area contributed by atoms with Gasteiger partial charge in [-0.2, -0.15) is 0 Å². The van der Waals surface area contributed by atoms with E-state index in [0.717, 1.165) is 34.1 Å². The van der Waals surface area contributed by atoms with Crippen molar-refractivity contribution in [2.75, 3.05) is 27.2 Å². The van der Waals surface area contributed by atoms with Gasteiger partial charge in [-0.3, -0.25) is 4.79 Å². The standard InChI is InChI=1S/C29H32FN3O/c1-21-7-6-8-23(17-21)26(18-29(34)31-15-16-32(2)3)27-20-33(28-10-5-4-9-25(27)28)19-22-11-13-24(30)14-12-22/h4-14,17,20,26H,15-16,18-19H2,1-3H3,(H,31,34)/t26-/m0/s1. The van der Waals surface area contributed by atoms with Crippen LogP contribution in [0.2, 0.25) is 0 Å². The second-order valence-corrected chi connectivity index (χ2v) is 9.18. The number of halogens is 1. The van der Waals surface area contributed by atoms with Gasteiger partial charge in [-0.15, -0.1) is 0 Å². The third kappa shape index (κ3) is 5.72. The molecular weight excluding hydrogens is 425 g/mol. The molecule has 0 aliphatic rings. The first-order valence-corrected chi connectivity index (χ1v) is 11.7. The Hall–Kier alpha value is -3.44. The van der Waals surface area contributed by atoms with Gasteiger partial charge >= 0.3 is 0 Å². The summed E-state index contributed by atoms with van der Waals surface area (Å²) in [5, 5.41) is 4.21. The first-order valence-electron chi connectivity index (χ1n) is 11.7. The zero-order valence-electron chi connectivity index (χ0n) is 20.1. The first kappa shape index (κ1) is 23.7. The normalized spacial score (nSPS) is 12.3. The Morgan fingerprint density at radius 1 is 1.03 bits per heavy atom. The Balaban J connectivity index is 1.71. The lowest BCUT2D eigenvalue weighted by atomic mass is 9.87. The fourth-order valence-corrected chi connectivity index (χ4v) is 4.44. The topological polar surface area (TPSA) is 37.3 Å². The highest BCUT2D eigenvalue weighted by molar-refractivity contribution is 5.86. The monoisotopic (exact) mass is 457 g/mol. The molecule has 0 fully saturated rings. The molecule has 0 bridgehead atoms. The average Bonchev–Trinajstić information content (AvgIpc) is 3.17. The molecule has 0 spiro atoms. The van der Waals surface area contributed by atoms with Gasteiger partial charge in [-0.25, -0.2) is 4.39 Å². The smallest absolute Gasteiger partial charge is 0.220 e. The maximum absolute atomic E-state index is 13.4. The van der Waals surface area contributed by atoms with Crippen LogP contribution in [0.4, 0.5) is 4.39 Å². The van der Waals surface area contributed by atoms with Gasteiger partial charge in [0.05, 0.1) is 0 Å². The third-order valence-corrected chi connectivity index (χ3v) is 6.18. The minimum atomic E-state index is -0.235. The molecule has 1 aromatic heterocycles. The molecule has 1 heterocycles. The predicted molar refractivity (Wildman–Crippen MR) is 137 cm³/mol. The number of hydrogen-bond donors (Lipinski definition) is 1. The Morgan fingerprint density at radius 2 is 1.79 bits per heavy atom. The molecule has 176 valence electrons. The number of aromatic nitrogens is 1. The van der Waals surface area contributed by atoms with E-state index in [-0.39, 0.29) is 17.6 Å². The van der Waals surface area contributed by atoms with Crippen LogP contribution in [0.3, 0.4) is 0 Å². The van der Waals surface area contributed by atoms with E-state index in [0.29, 0.717) is 19.5 Å². The van der Waals surface area contributed by atoms with Crippen LogP contribution >= 0.6 is 0 Å². The van der Waals surface area contributed by atoms with Crippen LogP contribution in [0.5, 0.6) is 0 Å². The number of fused-ring (bicyclic) bond motifs is 1. The quantitative estimate of drug-likeness (QED) is 0.369. The molecule has 0 saturated heterocycles. The van der Waals surface area contributed by atoms with Crippen molar-refractivity contribution in [3.05, 3.63) is 107 Å². The van der Waals surface area contributed by atoms with Gasteiger partial charge in [0.15, 0.2) is 0 Å². The van der Waals surface area contributed by atoms with E-state index >= 15 is 0 Å². The minimum Gasteiger partial charge on any atom is -0.355 e. The van der Waals surface area contributed by atoms with Crippen LogP contribution in [0, 0.1) is 12.7 Å². The Morgan fingerprint density at radius 3 is 2.53 bits per heavy atom. The number of benzene rings is 3. The summed E-state index contributed by atoms with van der Waals surface area (Å²) in [6.45, 7) is 4.14. The summed E-state index contributed by atoms with van der Waals surface area (Å²) in [5.41, 5.74) is 5.57. The van der Waals surface area contributed by atoms with Crippen LogP contribution in [0.25, 0.3) is 10.9 Å². The molecule has 4 nitrogen and oxygen atoms in total. The number of aryl methyl sites for hydroxylation is 1. The molecule has 5 heteroatoms. The Bertz CT molecular complexity index is 1260. The molecule has 0 unspecified atom stereocenters. The lowest BCUT2D eigenvalue weighted by molar-refractivity contribution is -0.121. The fraction of sp³-hybridized carbons (Fsp3) is 0.276. The summed E-state index contributed by atoms with van der Waals surface area (Å²) in [5.74, 6) is -0.260. The largest absolute Gasteiger partial charge is 0.355 e. The van der Waals surface area contributed by atoms with Gasteiger partial charge in [0.25, 0.3) is 0 Å². The molecule has 1 N–H and O–H groups in total. The highest BCUT2D eigenvalue weighted by Gasteiger charge is 2.23. The maximum Gasteiger partial charge on any atom is 0.220 e. The maximum atomic E-state index is 13.4. The van der Waals surface area contributed by atoms with Crippen LogP contribution < -0.4 is 5.32 Å². The van der Waals surface area contributed by atoms with E-state index in [1.165, 1.54) is 17.7 Å².